The summed E-state index contributed by atoms with van der Waals surface area (Å²) in [6, 6.07) is 1.84. The Hall–Kier alpha value is -0.890. The van der Waals surface area contributed by atoms with Crippen molar-refractivity contribution >= 4 is 17.9 Å². The minimum Gasteiger partial charge on any atom is -0.303 e. The van der Waals surface area contributed by atoms with Gasteiger partial charge in [0.2, 0.25) is 0 Å². The van der Waals surface area contributed by atoms with E-state index >= 15 is 0 Å². The molecule has 70 valence electrons. The third-order valence-corrected chi connectivity index (χ3v) is 2.16. The summed E-state index contributed by atoms with van der Waals surface area (Å²) in [7, 11) is 0. The van der Waals surface area contributed by atoms with Crippen molar-refractivity contribution in [2.24, 2.45) is 5.41 Å². The number of carbonyl (C=O) groups is 1. The van der Waals surface area contributed by atoms with Crippen molar-refractivity contribution in [1.29, 1.82) is 0 Å². The van der Waals surface area contributed by atoms with Crippen molar-refractivity contribution < 1.29 is 4.79 Å². The number of hydrogen-bond donors (Lipinski definition) is 0. The molecule has 0 bridgehead atoms. The molecule has 0 saturated heterocycles. The van der Waals surface area contributed by atoms with Crippen LogP contribution in [0.25, 0.3) is 0 Å². The van der Waals surface area contributed by atoms with Crippen LogP contribution in [0, 0.1) is 5.41 Å². The SMILES string of the molecule is CC(C)(C=O)Cc1ccncc1Cl. The molecule has 1 aromatic heterocycles. The molecule has 0 atom stereocenters. The number of nitrogens with zero attached hydrogens (tertiary/aromatic N) is 1. The van der Waals surface area contributed by atoms with Crippen molar-refractivity contribution in [3.8, 4) is 0 Å². The predicted octanol–water partition coefficient (Wildman–Crippen LogP) is 2.50. The van der Waals surface area contributed by atoms with Crippen LogP contribution in [0.1, 0.15) is 19.4 Å². The lowest BCUT2D eigenvalue weighted by Gasteiger charge is -2.16. The van der Waals surface area contributed by atoms with E-state index in [2.05, 4.69) is 4.98 Å². The molecule has 1 rings (SSSR count). The number of aldehydes is 1. The van der Waals surface area contributed by atoms with Crippen molar-refractivity contribution in [3.63, 3.8) is 0 Å². The van der Waals surface area contributed by atoms with Crippen LogP contribution >= 0.6 is 11.6 Å². The summed E-state index contributed by atoms with van der Waals surface area (Å²) >= 11 is 5.91. The van der Waals surface area contributed by atoms with Crippen LogP contribution in [-0.4, -0.2) is 11.3 Å². The number of pyridine rings is 1. The van der Waals surface area contributed by atoms with Gasteiger partial charge >= 0.3 is 0 Å². The highest BCUT2D eigenvalue weighted by Gasteiger charge is 2.18. The van der Waals surface area contributed by atoms with Crippen LogP contribution in [0.2, 0.25) is 5.02 Å². The maximum absolute atomic E-state index is 10.7. The minimum absolute atomic E-state index is 0.356. The summed E-state index contributed by atoms with van der Waals surface area (Å²) < 4.78 is 0. The number of halogens is 1. The third-order valence-electron chi connectivity index (χ3n) is 1.82. The van der Waals surface area contributed by atoms with E-state index in [1.54, 1.807) is 12.4 Å². The second-order valence-electron chi connectivity index (χ2n) is 3.75. The van der Waals surface area contributed by atoms with E-state index in [-0.39, 0.29) is 5.41 Å². The molecule has 0 N–H and O–H groups in total. The molecule has 0 aliphatic carbocycles. The Kier molecular flexibility index (Phi) is 3.04. The molecule has 1 aromatic rings. The highest BCUT2D eigenvalue weighted by Crippen LogP contribution is 2.23. The summed E-state index contributed by atoms with van der Waals surface area (Å²) in [5.74, 6) is 0. The number of aromatic nitrogens is 1. The van der Waals surface area contributed by atoms with Gasteiger partial charge < -0.3 is 4.79 Å². The number of hydrogen-bond acceptors (Lipinski definition) is 2. The summed E-state index contributed by atoms with van der Waals surface area (Å²) in [6.45, 7) is 3.77. The van der Waals surface area contributed by atoms with Crippen LogP contribution in [0.5, 0.6) is 0 Å². The van der Waals surface area contributed by atoms with E-state index in [1.165, 1.54) is 0 Å². The summed E-state index contributed by atoms with van der Waals surface area (Å²) in [5, 5.41) is 0.623. The average Bonchev–Trinajstić information content (AvgIpc) is 2.09. The minimum atomic E-state index is -0.356. The van der Waals surface area contributed by atoms with Crippen LogP contribution in [-0.2, 0) is 11.2 Å². The van der Waals surface area contributed by atoms with Gasteiger partial charge in [-0.05, 0) is 18.1 Å². The fourth-order valence-electron chi connectivity index (χ4n) is 1.08. The monoisotopic (exact) mass is 197 g/mol. The average molecular weight is 198 g/mol. The van der Waals surface area contributed by atoms with Crippen molar-refractivity contribution in [2.75, 3.05) is 0 Å². The number of carbonyl (C=O) groups excluding carboxylic acids is 1. The summed E-state index contributed by atoms with van der Waals surface area (Å²) in [4.78, 5) is 14.6. The topological polar surface area (TPSA) is 30.0 Å². The molecule has 0 aliphatic heterocycles. The third kappa shape index (κ3) is 2.81. The lowest BCUT2D eigenvalue weighted by Crippen LogP contribution is -2.16. The molecular formula is C10H12ClNO. The van der Waals surface area contributed by atoms with Crippen molar-refractivity contribution in [3.05, 3.63) is 29.0 Å². The van der Waals surface area contributed by atoms with Gasteiger partial charge in [-0.15, -0.1) is 0 Å². The Labute approximate surface area is 82.9 Å². The van der Waals surface area contributed by atoms with Gasteiger partial charge in [-0.25, -0.2) is 0 Å². The smallest absolute Gasteiger partial charge is 0.125 e. The van der Waals surface area contributed by atoms with Gasteiger partial charge in [0, 0.05) is 17.8 Å². The first-order valence-electron chi connectivity index (χ1n) is 4.10. The van der Waals surface area contributed by atoms with Gasteiger partial charge in [0.1, 0.15) is 6.29 Å². The normalized spacial score (nSPS) is 11.3. The Morgan fingerprint density at radius 2 is 2.31 bits per heavy atom. The summed E-state index contributed by atoms with van der Waals surface area (Å²) in [5.41, 5.74) is 0.610. The first-order chi connectivity index (χ1) is 6.05. The maximum Gasteiger partial charge on any atom is 0.125 e. The molecule has 0 saturated carbocycles. The highest BCUT2D eigenvalue weighted by molar-refractivity contribution is 6.31. The molecule has 0 radical (unpaired) electrons. The molecule has 3 heteroatoms. The zero-order valence-electron chi connectivity index (χ0n) is 7.75. The molecule has 0 spiro atoms. The first kappa shape index (κ1) is 10.2. The van der Waals surface area contributed by atoms with Gasteiger partial charge in [-0.3, -0.25) is 4.98 Å². The van der Waals surface area contributed by atoms with Gasteiger partial charge in [-0.1, -0.05) is 25.4 Å². The predicted molar refractivity (Wildman–Crippen MR) is 52.8 cm³/mol. The zero-order valence-corrected chi connectivity index (χ0v) is 8.51. The standard InChI is InChI=1S/C10H12ClNO/c1-10(2,7-13)5-8-3-4-12-6-9(8)11/h3-4,6-7H,5H2,1-2H3. The molecule has 0 unspecified atom stereocenters. The van der Waals surface area contributed by atoms with Crippen molar-refractivity contribution in [1.82, 2.24) is 4.98 Å². The fraction of sp³-hybridized carbons (Fsp3) is 0.400. The van der Waals surface area contributed by atoms with Gasteiger partial charge in [-0.2, -0.15) is 0 Å². The molecule has 1 heterocycles. The van der Waals surface area contributed by atoms with Gasteiger partial charge in [0.15, 0.2) is 0 Å². The largest absolute Gasteiger partial charge is 0.303 e. The Morgan fingerprint density at radius 3 is 2.85 bits per heavy atom. The van der Waals surface area contributed by atoms with E-state index < -0.39 is 0 Å². The quantitative estimate of drug-likeness (QED) is 0.697. The second kappa shape index (κ2) is 3.88. The van der Waals surface area contributed by atoms with Crippen LogP contribution < -0.4 is 0 Å². The van der Waals surface area contributed by atoms with Crippen LogP contribution in [0.15, 0.2) is 18.5 Å². The first-order valence-corrected chi connectivity index (χ1v) is 4.48. The van der Waals surface area contributed by atoms with Crippen LogP contribution in [0.3, 0.4) is 0 Å². The lowest BCUT2D eigenvalue weighted by molar-refractivity contribution is -0.114. The molecule has 0 aromatic carbocycles. The van der Waals surface area contributed by atoms with E-state index in [9.17, 15) is 4.79 Å². The van der Waals surface area contributed by atoms with E-state index in [4.69, 9.17) is 11.6 Å². The van der Waals surface area contributed by atoms with Crippen molar-refractivity contribution in [2.45, 2.75) is 20.3 Å². The molecule has 13 heavy (non-hydrogen) atoms. The van der Waals surface area contributed by atoms with E-state index in [0.29, 0.717) is 11.4 Å². The summed E-state index contributed by atoms with van der Waals surface area (Å²) in [6.07, 6.45) is 4.88. The Morgan fingerprint density at radius 1 is 1.62 bits per heavy atom. The maximum atomic E-state index is 10.7. The Balaban J connectivity index is 2.86. The zero-order chi connectivity index (χ0) is 9.90. The molecule has 2 nitrogen and oxygen atoms in total. The molecular weight excluding hydrogens is 186 g/mol. The highest BCUT2D eigenvalue weighted by atomic mass is 35.5. The number of rotatable bonds is 3. The molecule has 0 amide bonds. The molecule has 0 fully saturated rings. The van der Waals surface area contributed by atoms with Gasteiger partial charge in [0.05, 0.1) is 5.02 Å². The Bertz CT molecular complexity index is 310. The van der Waals surface area contributed by atoms with Crippen LogP contribution in [0.4, 0.5) is 0 Å². The van der Waals surface area contributed by atoms with E-state index in [0.717, 1.165) is 11.8 Å². The fourth-order valence-corrected chi connectivity index (χ4v) is 1.27. The van der Waals surface area contributed by atoms with Gasteiger partial charge in [0.25, 0.3) is 0 Å². The lowest BCUT2D eigenvalue weighted by atomic mass is 9.88. The second-order valence-corrected chi connectivity index (χ2v) is 4.16. The van der Waals surface area contributed by atoms with E-state index in [1.807, 2.05) is 19.9 Å². The molecule has 0 aliphatic rings.